The van der Waals surface area contributed by atoms with Crippen molar-refractivity contribution in [2.45, 2.75) is 25.9 Å². The SMILES string of the molecule is O=C(CCc1nc(-c2ncn[nH]2)no1)NCc1ccc(Cn2cccn2)cc1. The zero-order chi connectivity index (χ0) is 19.2. The number of nitrogens with zero attached hydrogens (tertiary/aromatic N) is 6. The molecule has 4 rings (SSSR count). The Morgan fingerprint density at radius 1 is 1.21 bits per heavy atom. The summed E-state index contributed by atoms with van der Waals surface area (Å²) in [4.78, 5) is 20.2. The predicted octanol–water partition coefficient (Wildman–Crippen LogP) is 1.35. The van der Waals surface area contributed by atoms with Crippen LogP contribution >= 0.6 is 0 Å². The van der Waals surface area contributed by atoms with Gasteiger partial charge in [-0.15, -0.1) is 0 Å². The van der Waals surface area contributed by atoms with Crippen molar-refractivity contribution in [3.63, 3.8) is 0 Å². The summed E-state index contributed by atoms with van der Waals surface area (Å²) in [5, 5.41) is 17.3. The number of benzene rings is 1. The molecule has 0 fully saturated rings. The Morgan fingerprint density at radius 2 is 2.07 bits per heavy atom. The van der Waals surface area contributed by atoms with Crippen molar-refractivity contribution in [1.29, 1.82) is 0 Å². The van der Waals surface area contributed by atoms with Gasteiger partial charge in [0.1, 0.15) is 6.33 Å². The highest BCUT2D eigenvalue weighted by Crippen LogP contribution is 2.10. The summed E-state index contributed by atoms with van der Waals surface area (Å²) in [7, 11) is 0. The number of rotatable bonds is 8. The zero-order valence-electron chi connectivity index (χ0n) is 14.9. The van der Waals surface area contributed by atoms with Crippen LogP contribution in [0.15, 0.2) is 53.6 Å². The average molecular weight is 378 g/mol. The first-order valence-electron chi connectivity index (χ1n) is 8.76. The van der Waals surface area contributed by atoms with Crippen LogP contribution < -0.4 is 5.32 Å². The van der Waals surface area contributed by atoms with Gasteiger partial charge in [-0.2, -0.15) is 15.2 Å². The number of carbonyl (C=O) groups is 1. The lowest BCUT2D eigenvalue weighted by molar-refractivity contribution is -0.121. The van der Waals surface area contributed by atoms with E-state index in [0.29, 0.717) is 30.5 Å². The van der Waals surface area contributed by atoms with Crippen LogP contribution in [0.4, 0.5) is 0 Å². The lowest BCUT2D eigenvalue weighted by Gasteiger charge is -2.06. The number of amides is 1. The lowest BCUT2D eigenvalue weighted by atomic mass is 10.1. The summed E-state index contributed by atoms with van der Waals surface area (Å²) in [6.07, 6.45) is 5.66. The van der Waals surface area contributed by atoms with Gasteiger partial charge >= 0.3 is 0 Å². The minimum absolute atomic E-state index is 0.0833. The first-order valence-corrected chi connectivity index (χ1v) is 8.76. The second kappa shape index (κ2) is 8.25. The van der Waals surface area contributed by atoms with Gasteiger partial charge in [-0.25, -0.2) is 4.98 Å². The van der Waals surface area contributed by atoms with Crippen LogP contribution in [0.25, 0.3) is 11.6 Å². The summed E-state index contributed by atoms with van der Waals surface area (Å²) in [6, 6.07) is 9.97. The average Bonchev–Trinajstić information content (AvgIpc) is 3.48. The molecule has 0 unspecified atom stereocenters. The highest BCUT2D eigenvalue weighted by Gasteiger charge is 2.12. The van der Waals surface area contributed by atoms with Gasteiger partial charge < -0.3 is 9.84 Å². The molecule has 0 aliphatic rings. The van der Waals surface area contributed by atoms with E-state index < -0.39 is 0 Å². The molecular formula is C18H18N8O2. The van der Waals surface area contributed by atoms with Crippen LogP contribution in [0.2, 0.25) is 0 Å². The van der Waals surface area contributed by atoms with Gasteiger partial charge in [-0.05, 0) is 17.2 Å². The molecule has 0 radical (unpaired) electrons. The van der Waals surface area contributed by atoms with E-state index in [1.807, 2.05) is 41.2 Å². The number of hydrogen-bond acceptors (Lipinski definition) is 7. The molecule has 0 aliphatic carbocycles. The van der Waals surface area contributed by atoms with Crippen LogP contribution in [-0.4, -0.2) is 41.0 Å². The van der Waals surface area contributed by atoms with Crippen LogP contribution in [-0.2, 0) is 24.3 Å². The van der Waals surface area contributed by atoms with Crippen LogP contribution in [0.3, 0.4) is 0 Å². The minimum atomic E-state index is -0.0833. The quantitative estimate of drug-likeness (QED) is 0.474. The number of aromatic nitrogens is 7. The minimum Gasteiger partial charge on any atom is -0.352 e. The predicted molar refractivity (Wildman–Crippen MR) is 97.6 cm³/mol. The van der Waals surface area contributed by atoms with E-state index >= 15 is 0 Å². The largest absolute Gasteiger partial charge is 0.352 e. The maximum absolute atomic E-state index is 12.1. The van der Waals surface area contributed by atoms with Gasteiger partial charge in [0.15, 0.2) is 5.82 Å². The molecule has 0 spiro atoms. The second-order valence-electron chi connectivity index (χ2n) is 6.14. The maximum Gasteiger partial charge on any atom is 0.239 e. The molecule has 2 N–H and O–H groups in total. The van der Waals surface area contributed by atoms with Gasteiger partial charge in [-0.1, -0.05) is 29.4 Å². The molecular weight excluding hydrogens is 360 g/mol. The molecule has 0 saturated carbocycles. The second-order valence-corrected chi connectivity index (χ2v) is 6.14. The summed E-state index contributed by atoms with van der Waals surface area (Å²) < 4.78 is 6.99. The van der Waals surface area contributed by atoms with Crippen LogP contribution in [0, 0.1) is 0 Å². The van der Waals surface area contributed by atoms with E-state index in [1.54, 1.807) is 6.20 Å². The van der Waals surface area contributed by atoms with Gasteiger partial charge in [0.05, 0.1) is 6.54 Å². The molecule has 3 aromatic heterocycles. The topological polar surface area (TPSA) is 127 Å². The van der Waals surface area contributed by atoms with E-state index in [2.05, 4.69) is 35.7 Å². The number of nitrogens with one attached hydrogen (secondary N) is 2. The Hall–Kier alpha value is -3.82. The number of aryl methyl sites for hydroxylation is 1. The molecule has 0 aliphatic heterocycles. The van der Waals surface area contributed by atoms with Crippen LogP contribution in [0.5, 0.6) is 0 Å². The first-order chi connectivity index (χ1) is 13.8. The van der Waals surface area contributed by atoms with E-state index in [1.165, 1.54) is 6.33 Å². The van der Waals surface area contributed by atoms with E-state index in [0.717, 1.165) is 17.7 Å². The summed E-state index contributed by atoms with van der Waals surface area (Å²) in [5.74, 6) is 1.04. The molecule has 3 heterocycles. The monoisotopic (exact) mass is 378 g/mol. The fraction of sp³-hybridized carbons (Fsp3) is 0.222. The third kappa shape index (κ3) is 4.47. The van der Waals surface area contributed by atoms with Gasteiger partial charge in [0.2, 0.25) is 17.6 Å². The summed E-state index contributed by atoms with van der Waals surface area (Å²) in [5.41, 5.74) is 2.18. The highest BCUT2D eigenvalue weighted by molar-refractivity contribution is 5.76. The van der Waals surface area contributed by atoms with Crippen molar-refractivity contribution in [3.05, 3.63) is 66.1 Å². The molecule has 1 amide bonds. The Balaban J connectivity index is 1.22. The third-order valence-corrected chi connectivity index (χ3v) is 4.08. The number of carbonyl (C=O) groups excluding carboxylic acids is 1. The van der Waals surface area contributed by atoms with Crippen molar-refractivity contribution < 1.29 is 9.32 Å². The van der Waals surface area contributed by atoms with Crippen molar-refractivity contribution >= 4 is 5.91 Å². The van der Waals surface area contributed by atoms with Crippen LogP contribution in [0.1, 0.15) is 23.4 Å². The molecule has 28 heavy (non-hydrogen) atoms. The molecule has 0 saturated heterocycles. The molecule has 0 bridgehead atoms. The standard InChI is InChI=1S/C18H18N8O2/c27-15(6-7-16-23-18(25-28-16)17-20-12-21-24-17)19-10-13-2-4-14(5-3-13)11-26-9-1-8-22-26/h1-5,8-9,12H,6-7,10-11H2,(H,19,27)(H,20,21,24). The number of aromatic amines is 1. The van der Waals surface area contributed by atoms with Gasteiger partial charge in [0.25, 0.3) is 0 Å². The van der Waals surface area contributed by atoms with E-state index in [9.17, 15) is 4.79 Å². The number of H-pyrrole nitrogens is 1. The summed E-state index contributed by atoms with van der Waals surface area (Å²) >= 11 is 0. The molecule has 142 valence electrons. The molecule has 10 heteroatoms. The highest BCUT2D eigenvalue weighted by atomic mass is 16.5. The molecule has 4 aromatic rings. The third-order valence-electron chi connectivity index (χ3n) is 4.08. The Bertz CT molecular complexity index is 1010. The molecule has 0 atom stereocenters. The fourth-order valence-electron chi connectivity index (χ4n) is 2.62. The summed E-state index contributed by atoms with van der Waals surface area (Å²) in [6.45, 7) is 1.19. The molecule has 1 aromatic carbocycles. The van der Waals surface area contributed by atoms with Crippen molar-refractivity contribution in [3.8, 4) is 11.6 Å². The van der Waals surface area contributed by atoms with Crippen molar-refractivity contribution in [1.82, 2.24) is 40.4 Å². The Morgan fingerprint density at radius 3 is 2.82 bits per heavy atom. The van der Waals surface area contributed by atoms with Crippen molar-refractivity contribution in [2.75, 3.05) is 0 Å². The Labute approximate surface area is 160 Å². The fourth-order valence-corrected chi connectivity index (χ4v) is 2.62. The zero-order valence-corrected chi connectivity index (χ0v) is 14.9. The van der Waals surface area contributed by atoms with E-state index in [4.69, 9.17) is 4.52 Å². The lowest BCUT2D eigenvalue weighted by Crippen LogP contribution is -2.23. The maximum atomic E-state index is 12.1. The van der Waals surface area contributed by atoms with Crippen molar-refractivity contribution in [2.24, 2.45) is 0 Å². The van der Waals surface area contributed by atoms with Gasteiger partial charge in [-0.3, -0.25) is 14.6 Å². The Kier molecular flexibility index (Phi) is 5.18. The first kappa shape index (κ1) is 17.6. The number of hydrogen-bond donors (Lipinski definition) is 2. The van der Waals surface area contributed by atoms with Gasteiger partial charge in [0, 0.05) is 31.8 Å². The normalized spacial score (nSPS) is 10.9. The van der Waals surface area contributed by atoms with E-state index in [-0.39, 0.29) is 12.3 Å². The smallest absolute Gasteiger partial charge is 0.239 e. The molecule has 10 nitrogen and oxygen atoms in total.